The number of rotatable bonds is 3. The van der Waals surface area contributed by atoms with Crippen LogP contribution in [-0.4, -0.2) is 28.8 Å². The minimum absolute atomic E-state index is 0.208. The van der Waals surface area contributed by atoms with Crippen molar-refractivity contribution < 1.29 is 23.1 Å². The van der Waals surface area contributed by atoms with Crippen LogP contribution in [0.2, 0.25) is 0 Å². The van der Waals surface area contributed by atoms with E-state index < -0.39 is 18.7 Å². The fourth-order valence-corrected chi connectivity index (χ4v) is 1.95. The van der Waals surface area contributed by atoms with Crippen LogP contribution in [0.3, 0.4) is 0 Å². The van der Waals surface area contributed by atoms with E-state index in [2.05, 4.69) is 4.98 Å². The molecule has 1 heterocycles. The van der Waals surface area contributed by atoms with E-state index >= 15 is 0 Å². The number of hydrogen-bond acceptors (Lipinski definition) is 3. The Morgan fingerprint density at radius 1 is 1.44 bits per heavy atom. The molecule has 1 aromatic rings. The number of carboxylic acids is 1. The van der Waals surface area contributed by atoms with Crippen LogP contribution in [0.4, 0.5) is 19.0 Å². The first-order valence-corrected chi connectivity index (χ1v) is 5.43. The molecule has 7 heteroatoms. The molecule has 2 rings (SSSR count). The van der Waals surface area contributed by atoms with Crippen molar-refractivity contribution in [2.45, 2.75) is 25.4 Å². The Hall–Kier alpha value is -1.79. The Morgan fingerprint density at radius 2 is 2.17 bits per heavy atom. The van der Waals surface area contributed by atoms with Gasteiger partial charge in [-0.25, -0.2) is 9.78 Å². The van der Waals surface area contributed by atoms with Crippen molar-refractivity contribution in [2.75, 3.05) is 11.9 Å². The van der Waals surface area contributed by atoms with Crippen molar-refractivity contribution in [3.63, 3.8) is 0 Å². The summed E-state index contributed by atoms with van der Waals surface area (Å²) >= 11 is 0. The maximum atomic E-state index is 12.1. The maximum Gasteiger partial charge on any atom is 0.405 e. The summed E-state index contributed by atoms with van der Waals surface area (Å²) in [5.74, 6) is -1.48. The van der Waals surface area contributed by atoms with Gasteiger partial charge in [0.1, 0.15) is 17.9 Å². The van der Waals surface area contributed by atoms with Crippen LogP contribution in [0.5, 0.6) is 0 Å². The zero-order valence-electron chi connectivity index (χ0n) is 9.34. The molecule has 0 spiro atoms. The van der Waals surface area contributed by atoms with Crippen LogP contribution < -0.4 is 5.32 Å². The predicted molar refractivity (Wildman–Crippen MR) is 57.8 cm³/mol. The molecule has 4 nitrogen and oxygen atoms in total. The highest BCUT2D eigenvalue weighted by Gasteiger charge is 2.28. The summed E-state index contributed by atoms with van der Waals surface area (Å²) in [5.41, 5.74) is 1.29. The molecule has 1 aliphatic carbocycles. The zero-order valence-corrected chi connectivity index (χ0v) is 9.34. The molecule has 18 heavy (non-hydrogen) atoms. The second kappa shape index (κ2) is 4.47. The van der Waals surface area contributed by atoms with Crippen LogP contribution in [0.15, 0.2) is 6.07 Å². The number of pyridine rings is 1. The fourth-order valence-electron chi connectivity index (χ4n) is 1.95. The number of aromatic carboxylic acids is 1. The second-order valence-electron chi connectivity index (χ2n) is 4.12. The van der Waals surface area contributed by atoms with Crippen molar-refractivity contribution in [3.05, 3.63) is 22.9 Å². The maximum absolute atomic E-state index is 12.1. The van der Waals surface area contributed by atoms with Crippen LogP contribution in [0.25, 0.3) is 0 Å². The topological polar surface area (TPSA) is 62.2 Å². The Labute approximate surface area is 101 Å². The van der Waals surface area contributed by atoms with Gasteiger partial charge in [0, 0.05) is 5.69 Å². The van der Waals surface area contributed by atoms with E-state index in [-0.39, 0.29) is 11.4 Å². The number of aryl methyl sites for hydroxylation is 2. The van der Waals surface area contributed by atoms with Crippen LogP contribution >= 0.6 is 0 Å². The number of carboxylic acid groups (broad SMARTS) is 1. The van der Waals surface area contributed by atoms with Gasteiger partial charge in [0.2, 0.25) is 0 Å². The standard InChI is InChI=1S/C11H11F3N2O2/c12-11(13,14)5-15-9-7(10(17)18)4-6-2-1-3-8(6)16-9/h4H,1-3,5H2,(H,15,16)(H,17,18). The molecular weight excluding hydrogens is 249 g/mol. The third-order valence-electron chi connectivity index (χ3n) is 2.74. The molecular formula is C11H11F3N2O2. The van der Waals surface area contributed by atoms with Crippen LogP contribution in [0, 0.1) is 0 Å². The SMILES string of the molecule is O=C(O)c1cc2c(nc1NCC(F)(F)F)CCC2. The van der Waals surface area contributed by atoms with Gasteiger partial charge in [0.25, 0.3) is 0 Å². The van der Waals surface area contributed by atoms with Crippen LogP contribution in [-0.2, 0) is 12.8 Å². The lowest BCUT2D eigenvalue weighted by molar-refractivity contribution is -0.115. The first-order valence-electron chi connectivity index (χ1n) is 5.43. The lowest BCUT2D eigenvalue weighted by atomic mass is 10.1. The normalized spacial score (nSPS) is 14.4. The molecule has 2 N–H and O–H groups in total. The molecule has 0 aromatic carbocycles. The molecule has 0 amide bonds. The smallest absolute Gasteiger partial charge is 0.405 e. The number of fused-ring (bicyclic) bond motifs is 1. The molecule has 0 saturated carbocycles. The highest BCUT2D eigenvalue weighted by molar-refractivity contribution is 5.93. The minimum atomic E-state index is -4.41. The summed E-state index contributed by atoms with van der Waals surface area (Å²) in [7, 11) is 0. The first kappa shape index (κ1) is 12.7. The largest absolute Gasteiger partial charge is 0.478 e. The zero-order chi connectivity index (χ0) is 13.3. The number of anilines is 1. The summed E-state index contributed by atoms with van der Waals surface area (Å²) in [6.45, 7) is -1.29. The number of nitrogens with one attached hydrogen (secondary N) is 1. The van der Waals surface area contributed by atoms with E-state index in [1.807, 2.05) is 5.32 Å². The van der Waals surface area contributed by atoms with E-state index in [1.54, 1.807) is 0 Å². The number of aromatic nitrogens is 1. The summed E-state index contributed by atoms with van der Waals surface area (Å²) < 4.78 is 36.3. The Morgan fingerprint density at radius 3 is 2.78 bits per heavy atom. The fraction of sp³-hybridized carbons (Fsp3) is 0.455. The average Bonchev–Trinajstić information content (AvgIpc) is 2.70. The third-order valence-corrected chi connectivity index (χ3v) is 2.74. The number of alkyl halides is 3. The van der Waals surface area contributed by atoms with Gasteiger partial charge in [-0.2, -0.15) is 13.2 Å². The summed E-state index contributed by atoms with van der Waals surface area (Å²) in [6.07, 6.45) is -2.15. The molecule has 0 aliphatic heterocycles. The van der Waals surface area contributed by atoms with Gasteiger partial charge >= 0.3 is 12.1 Å². The lowest BCUT2D eigenvalue weighted by Gasteiger charge is -2.12. The van der Waals surface area contributed by atoms with Gasteiger partial charge in [0.05, 0.1) is 0 Å². The highest BCUT2D eigenvalue weighted by Crippen LogP contribution is 2.26. The Balaban J connectivity index is 2.30. The van der Waals surface area contributed by atoms with Crippen LogP contribution in [0.1, 0.15) is 28.0 Å². The molecule has 0 unspecified atom stereocenters. The first-order chi connectivity index (χ1) is 8.37. The lowest BCUT2D eigenvalue weighted by Crippen LogP contribution is -2.23. The number of halogens is 3. The molecule has 0 atom stereocenters. The monoisotopic (exact) mass is 260 g/mol. The number of hydrogen-bond donors (Lipinski definition) is 2. The molecule has 0 fully saturated rings. The highest BCUT2D eigenvalue weighted by atomic mass is 19.4. The van der Waals surface area contributed by atoms with Crippen molar-refractivity contribution in [3.8, 4) is 0 Å². The third kappa shape index (κ3) is 2.72. The van der Waals surface area contributed by atoms with Gasteiger partial charge in [-0.1, -0.05) is 0 Å². The molecule has 0 radical (unpaired) electrons. The van der Waals surface area contributed by atoms with Gasteiger partial charge < -0.3 is 10.4 Å². The van der Waals surface area contributed by atoms with Gasteiger partial charge in [-0.3, -0.25) is 0 Å². The van der Waals surface area contributed by atoms with E-state index in [0.29, 0.717) is 12.1 Å². The average molecular weight is 260 g/mol. The van der Waals surface area contributed by atoms with E-state index in [9.17, 15) is 18.0 Å². The molecule has 1 aromatic heterocycles. The van der Waals surface area contributed by atoms with Gasteiger partial charge in [-0.15, -0.1) is 0 Å². The molecule has 98 valence electrons. The van der Waals surface area contributed by atoms with Gasteiger partial charge in [-0.05, 0) is 30.9 Å². The van der Waals surface area contributed by atoms with E-state index in [4.69, 9.17) is 5.11 Å². The summed E-state index contributed by atoms with van der Waals surface area (Å²) in [5, 5.41) is 11.0. The van der Waals surface area contributed by atoms with Crippen molar-refractivity contribution in [1.29, 1.82) is 0 Å². The van der Waals surface area contributed by atoms with Crippen molar-refractivity contribution >= 4 is 11.8 Å². The summed E-state index contributed by atoms with van der Waals surface area (Å²) in [4.78, 5) is 15.0. The summed E-state index contributed by atoms with van der Waals surface area (Å²) in [6, 6.07) is 1.41. The second-order valence-corrected chi connectivity index (χ2v) is 4.12. The quantitative estimate of drug-likeness (QED) is 0.875. The van der Waals surface area contributed by atoms with E-state index in [0.717, 1.165) is 18.4 Å². The predicted octanol–water partition coefficient (Wildman–Crippen LogP) is 2.24. The van der Waals surface area contributed by atoms with Crippen molar-refractivity contribution in [1.82, 2.24) is 4.98 Å². The Bertz CT molecular complexity index is 486. The minimum Gasteiger partial charge on any atom is -0.478 e. The number of carbonyl (C=O) groups is 1. The van der Waals surface area contributed by atoms with Gasteiger partial charge in [0.15, 0.2) is 0 Å². The van der Waals surface area contributed by atoms with E-state index in [1.165, 1.54) is 6.07 Å². The molecule has 0 bridgehead atoms. The molecule has 1 aliphatic rings. The number of nitrogens with zero attached hydrogens (tertiary/aromatic N) is 1. The Kier molecular flexibility index (Phi) is 3.14. The molecule has 0 saturated heterocycles. The van der Waals surface area contributed by atoms with Crippen molar-refractivity contribution in [2.24, 2.45) is 0 Å².